The first-order chi connectivity index (χ1) is 13.9. The number of likely N-dealkylation sites (tertiary alicyclic amines) is 1. The molecule has 1 aliphatic heterocycles. The highest BCUT2D eigenvalue weighted by Crippen LogP contribution is 2.34. The Morgan fingerprint density at radius 1 is 1.24 bits per heavy atom. The van der Waals surface area contributed by atoms with Gasteiger partial charge in [0, 0.05) is 12.7 Å². The number of hydrogen-bond donors (Lipinski definition) is 1. The van der Waals surface area contributed by atoms with Crippen LogP contribution in [0.25, 0.3) is 11.4 Å². The van der Waals surface area contributed by atoms with Gasteiger partial charge in [0.05, 0.1) is 11.6 Å². The number of halogens is 3. The van der Waals surface area contributed by atoms with Crippen molar-refractivity contribution in [2.45, 2.75) is 31.8 Å². The van der Waals surface area contributed by atoms with E-state index in [4.69, 9.17) is 10.3 Å². The molecule has 3 heterocycles. The van der Waals surface area contributed by atoms with Crippen molar-refractivity contribution in [3.8, 4) is 17.1 Å². The van der Waals surface area contributed by atoms with Gasteiger partial charge in [0.15, 0.2) is 0 Å². The molecule has 1 atom stereocenters. The molecule has 0 aliphatic carbocycles. The predicted molar refractivity (Wildman–Crippen MR) is 95.2 cm³/mol. The third-order valence-corrected chi connectivity index (χ3v) is 4.62. The molecule has 11 heteroatoms. The van der Waals surface area contributed by atoms with E-state index in [1.165, 1.54) is 24.7 Å². The minimum atomic E-state index is -4.70. The summed E-state index contributed by atoms with van der Waals surface area (Å²) in [6.45, 7) is 1.34. The summed E-state index contributed by atoms with van der Waals surface area (Å²) in [5.74, 6) is 0.789. The number of nitrogens with two attached hydrogens (primary N) is 1. The van der Waals surface area contributed by atoms with E-state index >= 15 is 0 Å². The Morgan fingerprint density at radius 2 is 2.03 bits per heavy atom. The number of nitrogen functional groups attached to an aromatic ring is 1. The van der Waals surface area contributed by atoms with Gasteiger partial charge in [0.2, 0.25) is 11.7 Å². The molecule has 0 unspecified atom stereocenters. The molecule has 1 aliphatic rings. The molecule has 0 spiro atoms. The zero-order valence-electron chi connectivity index (χ0n) is 15.1. The van der Waals surface area contributed by atoms with Crippen molar-refractivity contribution in [1.82, 2.24) is 25.0 Å². The van der Waals surface area contributed by atoms with Crippen LogP contribution in [0.2, 0.25) is 0 Å². The molecule has 1 saturated heterocycles. The highest BCUT2D eigenvalue weighted by molar-refractivity contribution is 5.66. The zero-order chi connectivity index (χ0) is 20.4. The lowest BCUT2D eigenvalue weighted by atomic mass is 10.1. The van der Waals surface area contributed by atoms with Gasteiger partial charge in [-0.05, 0) is 37.1 Å². The minimum Gasteiger partial charge on any atom is -0.406 e. The van der Waals surface area contributed by atoms with Crippen molar-refractivity contribution < 1.29 is 22.4 Å². The SMILES string of the molecule is Nc1ncncc1-c1noc([C@@H]2CCCN2Cc2ccc(OC(F)(F)F)cc2)n1. The van der Waals surface area contributed by atoms with E-state index < -0.39 is 6.36 Å². The first-order valence-corrected chi connectivity index (χ1v) is 8.87. The third kappa shape index (κ3) is 4.45. The second-order valence-corrected chi connectivity index (χ2v) is 6.60. The molecule has 3 aromatic rings. The molecule has 8 nitrogen and oxygen atoms in total. The number of ether oxygens (including phenoxy) is 1. The van der Waals surface area contributed by atoms with Crippen LogP contribution >= 0.6 is 0 Å². The molecule has 152 valence electrons. The van der Waals surface area contributed by atoms with Gasteiger partial charge < -0.3 is 15.0 Å². The van der Waals surface area contributed by atoms with Gasteiger partial charge in [0.1, 0.15) is 17.9 Å². The van der Waals surface area contributed by atoms with E-state index in [9.17, 15) is 13.2 Å². The number of rotatable bonds is 5. The van der Waals surface area contributed by atoms with Crippen LogP contribution in [0.4, 0.5) is 19.0 Å². The Hall–Kier alpha value is -3.21. The second-order valence-electron chi connectivity index (χ2n) is 6.60. The Bertz CT molecular complexity index is 976. The van der Waals surface area contributed by atoms with Crippen LogP contribution in [0.15, 0.2) is 41.3 Å². The number of benzene rings is 1. The van der Waals surface area contributed by atoms with Crippen LogP contribution < -0.4 is 10.5 Å². The number of aromatic nitrogens is 4. The zero-order valence-corrected chi connectivity index (χ0v) is 15.1. The molecule has 0 bridgehead atoms. The van der Waals surface area contributed by atoms with E-state index in [1.807, 2.05) is 0 Å². The molecule has 1 aromatic carbocycles. The first kappa shape index (κ1) is 19.1. The van der Waals surface area contributed by atoms with Gasteiger partial charge in [-0.1, -0.05) is 17.3 Å². The van der Waals surface area contributed by atoms with Crippen molar-refractivity contribution in [2.75, 3.05) is 12.3 Å². The number of hydrogen-bond acceptors (Lipinski definition) is 8. The molecule has 4 rings (SSSR count). The molecule has 0 saturated carbocycles. The highest BCUT2D eigenvalue weighted by Gasteiger charge is 2.32. The Morgan fingerprint density at radius 3 is 2.76 bits per heavy atom. The minimum absolute atomic E-state index is 0.0896. The van der Waals surface area contributed by atoms with Crippen molar-refractivity contribution in [1.29, 1.82) is 0 Å². The number of anilines is 1. The summed E-state index contributed by atoms with van der Waals surface area (Å²) in [4.78, 5) is 14.4. The summed E-state index contributed by atoms with van der Waals surface area (Å²) in [5.41, 5.74) is 7.18. The lowest BCUT2D eigenvalue weighted by Crippen LogP contribution is -2.23. The van der Waals surface area contributed by atoms with Gasteiger partial charge >= 0.3 is 6.36 Å². The van der Waals surface area contributed by atoms with Crippen LogP contribution in [0.5, 0.6) is 5.75 Å². The predicted octanol–water partition coefficient (Wildman–Crippen LogP) is 3.34. The van der Waals surface area contributed by atoms with Crippen LogP contribution in [0, 0.1) is 0 Å². The molecular weight excluding hydrogens is 389 g/mol. The largest absolute Gasteiger partial charge is 0.573 e. The van der Waals surface area contributed by atoms with Gasteiger partial charge in [-0.3, -0.25) is 4.90 Å². The summed E-state index contributed by atoms with van der Waals surface area (Å²) >= 11 is 0. The van der Waals surface area contributed by atoms with Crippen molar-refractivity contribution >= 4 is 5.82 Å². The normalized spacial score (nSPS) is 17.6. The van der Waals surface area contributed by atoms with Gasteiger partial charge in [-0.15, -0.1) is 13.2 Å². The van der Waals surface area contributed by atoms with Gasteiger partial charge in [-0.2, -0.15) is 4.98 Å². The maximum Gasteiger partial charge on any atom is 0.573 e. The topological polar surface area (TPSA) is 103 Å². The first-order valence-electron chi connectivity index (χ1n) is 8.87. The summed E-state index contributed by atoms with van der Waals surface area (Å²) in [6.07, 6.45) is -0.0756. The quantitative estimate of drug-likeness (QED) is 0.688. The van der Waals surface area contributed by atoms with Crippen LogP contribution in [-0.2, 0) is 6.54 Å². The lowest BCUT2D eigenvalue weighted by molar-refractivity contribution is -0.274. The van der Waals surface area contributed by atoms with Crippen LogP contribution in [0.1, 0.15) is 30.3 Å². The fraction of sp³-hybridized carbons (Fsp3) is 0.333. The monoisotopic (exact) mass is 406 g/mol. The molecule has 0 amide bonds. The van der Waals surface area contributed by atoms with E-state index in [0.717, 1.165) is 24.9 Å². The Labute approximate surface area is 163 Å². The standard InChI is InChI=1S/C18H17F3N6O2/c19-18(20,21)28-12-5-3-11(4-6-12)9-27-7-1-2-14(27)17-25-16(26-29-17)13-8-23-10-24-15(13)22/h3-6,8,10,14H,1-2,7,9H2,(H2,22,23,24)/t14-/m0/s1. The Kier molecular flexibility index (Phi) is 5.05. The van der Waals surface area contributed by atoms with Gasteiger partial charge in [-0.25, -0.2) is 9.97 Å². The lowest BCUT2D eigenvalue weighted by Gasteiger charge is -2.21. The van der Waals surface area contributed by atoms with Crippen molar-refractivity contribution in [2.24, 2.45) is 0 Å². The molecule has 2 N–H and O–H groups in total. The van der Waals surface area contributed by atoms with Crippen molar-refractivity contribution in [3.05, 3.63) is 48.2 Å². The fourth-order valence-electron chi connectivity index (χ4n) is 3.32. The average Bonchev–Trinajstić information content (AvgIpc) is 3.32. The van der Waals surface area contributed by atoms with E-state index in [1.54, 1.807) is 12.1 Å². The van der Waals surface area contributed by atoms with E-state index in [0.29, 0.717) is 23.8 Å². The molecule has 0 radical (unpaired) electrons. The summed E-state index contributed by atoms with van der Waals surface area (Å²) in [6, 6.07) is 5.73. The maximum atomic E-state index is 12.3. The summed E-state index contributed by atoms with van der Waals surface area (Å²) in [5, 5.41) is 3.98. The molecule has 1 fully saturated rings. The molecule has 29 heavy (non-hydrogen) atoms. The maximum absolute atomic E-state index is 12.3. The van der Waals surface area contributed by atoms with Crippen LogP contribution in [0.3, 0.4) is 0 Å². The van der Waals surface area contributed by atoms with E-state index in [-0.39, 0.29) is 17.6 Å². The summed E-state index contributed by atoms with van der Waals surface area (Å²) < 4.78 is 46.2. The van der Waals surface area contributed by atoms with Gasteiger partial charge in [0.25, 0.3) is 0 Å². The van der Waals surface area contributed by atoms with Crippen LogP contribution in [-0.4, -0.2) is 37.9 Å². The fourth-order valence-corrected chi connectivity index (χ4v) is 3.32. The third-order valence-electron chi connectivity index (χ3n) is 4.62. The number of nitrogens with zero attached hydrogens (tertiary/aromatic N) is 5. The highest BCUT2D eigenvalue weighted by atomic mass is 19.4. The second kappa shape index (κ2) is 7.66. The van der Waals surface area contributed by atoms with E-state index in [2.05, 4.69) is 29.7 Å². The smallest absolute Gasteiger partial charge is 0.406 e. The average molecular weight is 406 g/mol. The molecular formula is C18H17F3N6O2. The summed E-state index contributed by atoms with van der Waals surface area (Å²) in [7, 11) is 0. The number of alkyl halides is 3. The molecule has 2 aromatic heterocycles. The van der Waals surface area contributed by atoms with Crippen molar-refractivity contribution in [3.63, 3.8) is 0 Å². The Balaban J connectivity index is 1.47.